The standard InChI is InChI=1S/C16H18F3NO4/c1-10(15(22)23)8-20(12-4-5-12)14(21)9-24-13-6-2-11(3-7-13)16(17,18)19/h2-3,6-7,10,12H,4-5,8-9H2,1H3,(H,22,23). The minimum absolute atomic E-state index is 0.0236. The van der Waals surface area contributed by atoms with Gasteiger partial charge in [0.25, 0.3) is 5.91 Å². The monoisotopic (exact) mass is 345 g/mol. The van der Waals surface area contributed by atoms with Crippen LogP contribution < -0.4 is 4.74 Å². The second-order valence-electron chi connectivity index (χ2n) is 5.83. The van der Waals surface area contributed by atoms with Crippen molar-refractivity contribution in [1.29, 1.82) is 0 Å². The molecule has 0 aliphatic heterocycles. The molecule has 24 heavy (non-hydrogen) atoms. The number of halogens is 3. The van der Waals surface area contributed by atoms with Gasteiger partial charge in [-0.2, -0.15) is 13.2 Å². The van der Waals surface area contributed by atoms with Crippen LogP contribution in [0.1, 0.15) is 25.3 Å². The zero-order valence-corrected chi connectivity index (χ0v) is 13.0. The third kappa shape index (κ3) is 4.87. The van der Waals surface area contributed by atoms with Gasteiger partial charge in [-0.15, -0.1) is 0 Å². The topological polar surface area (TPSA) is 66.8 Å². The van der Waals surface area contributed by atoms with Gasteiger partial charge < -0.3 is 14.7 Å². The van der Waals surface area contributed by atoms with E-state index in [4.69, 9.17) is 9.84 Å². The van der Waals surface area contributed by atoms with Crippen LogP contribution in [0, 0.1) is 5.92 Å². The Balaban J connectivity index is 1.92. The summed E-state index contributed by atoms with van der Waals surface area (Å²) in [6.07, 6.45) is -2.79. The van der Waals surface area contributed by atoms with Crippen LogP contribution in [0.3, 0.4) is 0 Å². The minimum atomic E-state index is -4.43. The average molecular weight is 345 g/mol. The number of nitrogens with zero attached hydrogens (tertiary/aromatic N) is 1. The van der Waals surface area contributed by atoms with Gasteiger partial charge in [-0.3, -0.25) is 9.59 Å². The number of hydrogen-bond donors (Lipinski definition) is 1. The van der Waals surface area contributed by atoms with Crippen molar-refractivity contribution >= 4 is 11.9 Å². The lowest BCUT2D eigenvalue weighted by molar-refractivity contribution is -0.144. The molecule has 1 aromatic carbocycles. The van der Waals surface area contributed by atoms with Gasteiger partial charge in [0.1, 0.15) is 5.75 Å². The SMILES string of the molecule is CC(CN(C(=O)COc1ccc(C(F)(F)F)cc1)C1CC1)C(=O)O. The van der Waals surface area contributed by atoms with E-state index in [1.807, 2.05) is 0 Å². The Bertz CT molecular complexity index is 596. The van der Waals surface area contributed by atoms with Gasteiger partial charge >= 0.3 is 12.1 Å². The summed E-state index contributed by atoms with van der Waals surface area (Å²) in [4.78, 5) is 24.6. The molecule has 0 saturated heterocycles. The fourth-order valence-electron chi connectivity index (χ4n) is 2.18. The maximum Gasteiger partial charge on any atom is 0.416 e. The third-order valence-electron chi connectivity index (χ3n) is 3.74. The number of carbonyl (C=O) groups is 2. The van der Waals surface area contributed by atoms with Crippen LogP contribution in [0.15, 0.2) is 24.3 Å². The molecule has 0 heterocycles. The van der Waals surface area contributed by atoms with E-state index < -0.39 is 23.6 Å². The van der Waals surface area contributed by atoms with Crippen LogP contribution in [0.5, 0.6) is 5.75 Å². The summed E-state index contributed by atoms with van der Waals surface area (Å²) in [7, 11) is 0. The molecule has 1 saturated carbocycles. The molecule has 0 radical (unpaired) electrons. The lowest BCUT2D eigenvalue weighted by atomic mass is 10.1. The summed E-state index contributed by atoms with van der Waals surface area (Å²) in [5, 5.41) is 8.95. The van der Waals surface area contributed by atoms with Crippen LogP contribution in [0.2, 0.25) is 0 Å². The van der Waals surface area contributed by atoms with Gasteiger partial charge in [0.15, 0.2) is 6.61 Å². The summed E-state index contributed by atoms with van der Waals surface area (Å²) >= 11 is 0. The van der Waals surface area contributed by atoms with E-state index in [2.05, 4.69) is 0 Å². The first-order valence-electron chi connectivity index (χ1n) is 7.51. The number of rotatable bonds is 7. The van der Waals surface area contributed by atoms with E-state index in [0.717, 1.165) is 37.1 Å². The van der Waals surface area contributed by atoms with E-state index in [-0.39, 0.29) is 30.9 Å². The predicted octanol–water partition coefficient (Wildman–Crippen LogP) is 2.80. The lowest BCUT2D eigenvalue weighted by Crippen LogP contribution is -2.41. The Morgan fingerprint density at radius 1 is 1.29 bits per heavy atom. The number of hydrogen-bond acceptors (Lipinski definition) is 3. The van der Waals surface area contributed by atoms with Crippen LogP contribution in [-0.4, -0.2) is 41.1 Å². The maximum absolute atomic E-state index is 12.5. The highest BCUT2D eigenvalue weighted by Crippen LogP contribution is 2.30. The number of carboxylic acids is 1. The van der Waals surface area contributed by atoms with Gasteiger partial charge in [-0.05, 0) is 37.1 Å². The van der Waals surface area contributed by atoms with E-state index in [1.165, 1.54) is 11.8 Å². The predicted molar refractivity (Wildman–Crippen MR) is 78.5 cm³/mol. The highest BCUT2D eigenvalue weighted by molar-refractivity contribution is 5.79. The summed E-state index contributed by atoms with van der Waals surface area (Å²) in [6.45, 7) is 1.27. The first-order valence-corrected chi connectivity index (χ1v) is 7.51. The Morgan fingerprint density at radius 2 is 1.88 bits per heavy atom. The zero-order valence-electron chi connectivity index (χ0n) is 13.0. The van der Waals surface area contributed by atoms with Crippen molar-refractivity contribution in [2.24, 2.45) is 5.92 Å². The largest absolute Gasteiger partial charge is 0.484 e. The molecule has 1 aromatic rings. The number of alkyl halides is 3. The fraction of sp³-hybridized carbons (Fsp3) is 0.500. The summed E-state index contributed by atoms with van der Waals surface area (Å²) in [6, 6.07) is 4.08. The Kier molecular flexibility index (Phi) is 5.36. The molecule has 2 rings (SSSR count). The van der Waals surface area contributed by atoms with Gasteiger partial charge in [-0.25, -0.2) is 0 Å². The normalized spacial score (nSPS) is 15.7. The van der Waals surface area contributed by atoms with Gasteiger partial charge in [0.2, 0.25) is 0 Å². The van der Waals surface area contributed by atoms with Crippen molar-refractivity contribution in [2.75, 3.05) is 13.2 Å². The molecule has 1 atom stereocenters. The number of aliphatic carboxylic acids is 1. The molecule has 0 spiro atoms. The van der Waals surface area contributed by atoms with Gasteiger partial charge in [-0.1, -0.05) is 6.92 Å². The molecule has 0 bridgehead atoms. The highest BCUT2D eigenvalue weighted by Gasteiger charge is 2.34. The average Bonchev–Trinajstić information content (AvgIpc) is 3.34. The van der Waals surface area contributed by atoms with Gasteiger partial charge in [0, 0.05) is 12.6 Å². The third-order valence-corrected chi connectivity index (χ3v) is 3.74. The minimum Gasteiger partial charge on any atom is -0.484 e. The van der Waals surface area contributed by atoms with Gasteiger partial charge in [0.05, 0.1) is 11.5 Å². The second kappa shape index (κ2) is 7.11. The molecule has 1 unspecified atom stereocenters. The number of ether oxygens (including phenoxy) is 1. The number of amides is 1. The lowest BCUT2D eigenvalue weighted by Gasteiger charge is -2.24. The molecular weight excluding hydrogens is 327 g/mol. The van der Waals surface area contributed by atoms with E-state index in [9.17, 15) is 22.8 Å². The fourth-order valence-corrected chi connectivity index (χ4v) is 2.18. The molecule has 1 N–H and O–H groups in total. The molecule has 1 aliphatic carbocycles. The van der Waals surface area contributed by atoms with E-state index >= 15 is 0 Å². The molecule has 0 aromatic heterocycles. The van der Waals surface area contributed by atoms with E-state index in [1.54, 1.807) is 0 Å². The quantitative estimate of drug-likeness (QED) is 0.825. The van der Waals surface area contributed by atoms with Crippen LogP contribution in [0.4, 0.5) is 13.2 Å². The smallest absolute Gasteiger partial charge is 0.416 e. The second-order valence-corrected chi connectivity index (χ2v) is 5.83. The van der Waals surface area contributed by atoms with Crippen molar-refractivity contribution in [2.45, 2.75) is 32.0 Å². The Hall–Kier alpha value is -2.25. The molecule has 132 valence electrons. The molecule has 5 nitrogen and oxygen atoms in total. The number of benzene rings is 1. The Morgan fingerprint density at radius 3 is 2.33 bits per heavy atom. The van der Waals surface area contributed by atoms with Crippen molar-refractivity contribution in [3.8, 4) is 5.75 Å². The molecule has 1 fully saturated rings. The van der Waals surface area contributed by atoms with Crippen LogP contribution >= 0.6 is 0 Å². The summed E-state index contributed by atoms with van der Waals surface area (Å²) in [5.41, 5.74) is -0.795. The Labute approximate surface area is 137 Å². The molecule has 8 heteroatoms. The highest BCUT2D eigenvalue weighted by atomic mass is 19.4. The molecular formula is C16H18F3NO4. The number of carboxylic acid groups (broad SMARTS) is 1. The maximum atomic E-state index is 12.5. The van der Waals surface area contributed by atoms with E-state index in [0.29, 0.717) is 0 Å². The molecule has 1 amide bonds. The van der Waals surface area contributed by atoms with Crippen molar-refractivity contribution in [3.05, 3.63) is 29.8 Å². The van der Waals surface area contributed by atoms with Crippen LogP contribution in [-0.2, 0) is 15.8 Å². The number of carbonyl (C=O) groups excluding carboxylic acids is 1. The van der Waals surface area contributed by atoms with Crippen LogP contribution in [0.25, 0.3) is 0 Å². The first-order chi connectivity index (χ1) is 11.2. The molecule has 1 aliphatic rings. The zero-order chi connectivity index (χ0) is 17.9. The van der Waals surface area contributed by atoms with Crippen molar-refractivity contribution in [3.63, 3.8) is 0 Å². The van der Waals surface area contributed by atoms with Crippen molar-refractivity contribution < 1.29 is 32.6 Å². The summed E-state index contributed by atoms with van der Waals surface area (Å²) in [5.74, 6) is -1.90. The first kappa shape index (κ1) is 18.1. The van der Waals surface area contributed by atoms with Crippen molar-refractivity contribution in [1.82, 2.24) is 4.90 Å². The summed E-state index contributed by atoms with van der Waals surface area (Å²) < 4.78 is 42.6.